The molecule has 0 aromatic heterocycles. The molecule has 4 N–H and O–H groups in total. The van der Waals surface area contributed by atoms with E-state index in [-0.39, 0.29) is 6.17 Å². The minimum absolute atomic E-state index is 0.358. The third-order valence-electron chi connectivity index (χ3n) is 2.33. The Morgan fingerprint density at radius 2 is 1.42 bits per heavy atom. The second-order valence-corrected chi connectivity index (χ2v) is 3.31. The highest BCUT2D eigenvalue weighted by atomic mass is 14.8. The Morgan fingerprint density at radius 3 is 1.75 bits per heavy atom. The van der Waals surface area contributed by atoms with E-state index in [2.05, 4.69) is 20.8 Å². The summed E-state index contributed by atoms with van der Waals surface area (Å²) in [6, 6.07) is 4.10. The lowest BCUT2D eigenvalue weighted by atomic mass is 10.00. The van der Waals surface area contributed by atoms with Crippen molar-refractivity contribution in [1.82, 2.24) is 0 Å². The molecule has 0 bridgehead atoms. The van der Waals surface area contributed by atoms with Crippen molar-refractivity contribution >= 4 is 0 Å². The van der Waals surface area contributed by atoms with Gasteiger partial charge in [0.25, 0.3) is 0 Å². The molecule has 0 aliphatic heterocycles. The summed E-state index contributed by atoms with van der Waals surface area (Å²) in [5.41, 5.74) is 16.0. The van der Waals surface area contributed by atoms with Crippen molar-refractivity contribution in [2.24, 2.45) is 11.5 Å². The van der Waals surface area contributed by atoms with Gasteiger partial charge >= 0.3 is 0 Å². The summed E-state index contributed by atoms with van der Waals surface area (Å²) in [7, 11) is 0. The Labute approximate surface area is 73.6 Å². The molecule has 1 aromatic carbocycles. The standard InChI is InChI=1S/C10H16N2/c1-6-4-9(10(11)12)5-7(2)8(6)3/h4-5,10H,11-12H2,1-3H3. The molecule has 0 aliphatic carbocycles. The van der Waals surface area contributed by atoms with Gasteiger partial charge in [-0.05, 0) is 43.0 Å². The lowest BCUT2D eigenvalue weighted by Gasteiger charge is -2.11. The first kappa shape index (κ1) is 9.23. The third-order valence-corrected chi connectivity index (χ3v) is 2.33. The van der Waals surface area contributed by atoms with Gasteiger partial charge in [-0.25, -0.2) is 0 Å². The smallest absolute Gasteiger partial charge is 0.0784 e. The van der Waals surface area contributed by atoms with Gasteiger partial charge in [-0.15, -0.1) is 0 Å². The molecule has 0 fully saturated rings. The van der Waals surface area contributed by atoms with Crippen molar-refractivity contribution in [2.75, 3.05) is 0 Å². The Bertz CT molecular complexity index is 267. The van der Waals surface area contributed by atoms with Crippen LogP contribution in [0.15, 0.2) is 12.1 Å². The highest BCUT2D eigenvalue weighted by Gasteiger charge is 2.03. The largest absolute Gasteiger partial charge is 0.312 e. The van der Waals surface area contributed by atoms with Crippen LogP contribution < -0.4 is 11.5 Å². The van der Waals surface area contributed by atoms with E-state index in [1.165, 1.54) is 16.7 Å². The van der Waals surface area contributed by atoms with E-state index in [1.807, 2.05) is 12.1 Å². The Kier molecular flexibility index (Phi) is 2.50. The van der Waals surface area contributed by atoms with Crippen LogP contribution in [0.2, 0.25) is 0 Å². The van der Waals surface area contributed by atoms with Crippen molar-refractivity contribution < 1.29 is 0 Å². The molecule has 1 rings (SSSR count). The summed E-state index contributed by atoms with van der Waals surface area (Å²) >= 11 is 0. The molecule has 0 aliphatic rings. The first-order valence-electron chi connectivity index (χ1n) is 4.11. The fourth-order valence-corrected chi connectivity index (χ4v) is 1.26. The predicted octanol–water partition coefficient (Wildman–Crippen LogP) is 1.53. The van der Waals surface area contributed by atoms with Crippen LogP contribution in [0.4, 0.5) is 0 Å². The van der Waals surface area contributed by atoms with E-state index in [4.69, 9.17) is 11.5 Å². The van der Waals surface area contributed by atoms with Crippen LogP contribution in [0.3, 0.4) is 0 Å². The molecule has 2 nitrogen and oxygen atoms in total. The summed E-state index contributed by atoms with van der Waals surface area (Å²) in [5.74, 6) is 0. The minimum Gasteiger partial charge on any atom is -0.312 e. The first-order chi connectivity index (χ1) is 5.52. The zero-order valence-corrected chi connectivity index (χ0v) is 7.89. The van der Waals surface area contributed by atoms with Gasteiger partial charge in [0.2, 0.25) is 0 Å². The maximum atomic E-state index is 5.58. The van der Waals surface area contributed by atoms with Gasteiger partial charge in [0, 0.05) is 0 Å². The van der Waals surface area contributed by atoms with E-state index >= 15 is 0 Å². The van der Waals surface area contributed by atoms with Gasteiger partial charge in [-0.2, -0.15) is 0 Å². The molecule has 0 saturated heterocycles. The fourth-order valence-electron chi connectivity index (χ4n) is 1.26. The van der Waals surface area contributed by atoms with Gasteiger partial charge in [-0.1, -0.05) is 12.1 Å². The van der Waals surface area contributed by atoms with Gasteiger partial charge in [0.05, 0.1) is 6.17 Å². The molecule has 0 saturated carbocycles. The predicted molar refractivity (Wildman–Crippen MR) is 51.8 cm³/mol. The molecule has 2 heteroatoms. The number of hydrogen-bond donors (Lipinski definition) is 2. The lowest BCUT2D eigenvalue weighted by Crippen LogP contribution is -2.20. The molecule has 0 spiro atoms. The Morgan fingerprint density at radius 1 is 1.00 bits per heavy atom. The molecular formula is C10H16N2. The topological polar surface area (TPSA) is 52.0 Å². The summed E-state index contributed by atoms with van der Waals surface area (Å²) in [5, 5.41) is 0. The second-order valence-electron chi connectivity index (χ2n) is 3.31. The van der Waals surface area contributed by atoms with Gasteiger partial charge in [-0.3, -0.25) is 0 Å². The third kappa shape index (κ3) is 1.65. The Hall–Kier alpha value is -0.860. The molecule has 0 atom stereocenters. The van der Waals surface area contributed by atoms with Crippen LogP contribution in [0.5, 0.6) is 0 Å². The van der Waals surface area contributed by atoms with Crippen molar-refractivity contribution in [3.8, 4) is 0 Å². The molecule has 0 unspecified atom stereocenters. The SMILES string of the molecule is Cc1cc(C(N)N)cc(C)c1C. The molecule has 0 radical (unpaired) electrons. The van der Waals surface area contributed by atoms with Crippen molar-refractivity contribution in [3.05, 3.63) is 34.4 Å². The molecule has 12 heavy (non-hydrogen) atoms. The first-order valence-corrected chi connectivity index (χ1v) is 4.11. The average molecular weight is 164 g/mol. The quantitative estimate of drug-likeness (QED) is 0.618. The zero-order valence-electron chi connectivity index (χ0n) is 7.89. The van der Waals surface area contributed by atoms with Gasteiger partial charge in [0.15, 0.2) is 0 Å². The van der Waals surface area contributed by atoms with Gasteiger partial charge < -0.3 is 11.5 Å². The lowest BCUT2D eigenvalue weighted by molar-refractivity contribution is 0.771. The number of aryl methyl sites for hydroxylation is 2. The number of benzene rings is 1. The van der Waals surface area contributed by atoms with Crippen LogP contribution in [-0.2, 0) is 0 Å². The Balaban J connectivity index is 3.21. The van der Waals surface area contributed by atoms with Crippen LogP contribution in [0.1, 0.15) is 28.4 Å². The number of hydrogen-bond acceptors (Lipinski definition) is 2. The molecular weight excluding hydrogens is 148 g/mol. The van der Waals surface area contributed by atoms with E-state index in [0.29, 0.717) is 0 Å². The maximum absolute atomic E-state index is 5.58. The summed E-state index contributed by atoms with van der Waals surface area (Å²) in [4.78, 5) is 0. The highest BCUT2D eigenvalue weighted by Crippen LogP contribution is 2.17. The number of rotatable bonds is 1. The van der Waals surface area contributed by atoms with Crippen LogP contribution in [-0.4, -0.2) is 0 Å². The summed E-state index contributed by atoms with van der Waals surface area (Å²) < 4.78 is 0. The maximum Gasteiger partial charge on any atom is 0.0784 e. The van der Waals surface area contributed by atoms with Crippen LogP contribution in [0.25, 0.3) is 0 Å². The zero-order chi connectivity index (χ0) is 9.30. The average Bonchev–Trinajstić information content (AvgIpc) is 1.99. The minimum atomic E-state index is -0.358. The molecule has 66 valence electrons. The summed E-state index contributed by atoms with van der Waals surface area (Å²) in [6.07, 6.45) is -0.358. The molecule has 1 aromatic rings. The monoisotopic (exact) mass is 164 g/mol. The van der Waals surface area contributed by atoms with E-state index in [9.17, 15) is 0 Å². The second kappa shape index (κ2) is 3.25. The van der Waals surface area contributed by atoms with Crippen molar-refractivity contribution in [1.29, 1.82) is 0 Å². The van der Waals surface area contributed by atoms with Crippen LogP contribution in [0, 0.1) is 20.8 Å². The molecule has 0 heterocycles. The van der Waals surface area contributed by atoms with E-state index < -0.39 is 0 Å². The highest BCUT2D eigenvalue weighted by molar-refractivity contribution is 5.37. The van der Waals surface area contributed by atoms with Crippen molar-refractivity contribution in [3.63, 3.8) is 0 Å². The number of nitrogens with two attached hydrogens (primary N) is 2. The molecule has 0 amide bonds. The van der Waals surface area contributed by atoms with Gasteiger partial charge in [0.1, 0.15) is 0 Å². The van der Waals surface area contributed by atoms with E-state index in [0.717, 1.165) is 5.56 Å². The van der Waals surface area contributed by atoms with E-state index in [1.54, 1.807) is 0 Å². The van der Waals surface area contributed by atoms with Crippen molar-refractivity contribution in [2.45, 2.75) is 26.9 Å². The normalized spacial score (nSPS) is 10.8. The fraction of sp³-hybridized carbons (Fsp3) is 0.400. The summed E-state index contributed by atoms with van der Waals surface area (Å²) in [6.45, 7) is 6.26. The van der Waals surface area contributed by atoms with Crippen LogP contribution >= 0.6 is 0 Å².